The zero-order valence-electron chi connectivity index (χ0n) is 14.2. The summed E-state index contributed by atoms with van der Waals surface area (Å²) in [6, 6.07) is 19.3. The van der Waals surface area contributed by atoms with E-state index in [1.165, 1.54) is 24.8 Å². The Labute approximate surface area is 144 Å². The molecule has 1 aliphatic carbocycles. The van der Waals surface area contributed by atoms with Gasteiger partial charge in [0.05, 0.1) is 0 Å². The summed E-state index contributed by atoms with van der Waals surface area (Å²) in [5.74, 6) is 2.74. The Balaban J connectivity index is 1.48. The van der Waals surface area contributed by atoms with Gasteiger partial charge in [-0.25, -0.2) is 0 Å². The van der Waals surface area contributed by atoms with Crippen LogP contribution in [0, 0.1) is 5.92 Å². The van der Waals surface area contributed by atoms with Crippen LogP contribution in [0.5, 0.6) is 11.5 Å². The summed E-state index contributed by atoms with van der Waals surface area (Å²) >= 11 is 0. The summed E-state index contributed by atoms with van der Waals surface area (Å²) in [5, 5.41) is 3.46. The Hall–Kier alpha value is -1.84. The van der Waals surface area contributed by atoms with Gasteiger partial charge in [-0.2, -0.15) is 0 Å². The van der Waals surface area contributed by atoms with Crippen LogP contribution in [0.4, 0.5) is 0 Å². The SMILES string of the molecule is c1ccc(Oc2ccc([C@@H](CC3CC3)N3CCNCC3)cc2)cc1. The average molecular weight is 322 g/mol. The van der Waals surface area contributed by atoms with E-state index in [0.29, 0.717) is 6.04 Å². The molecule has 0 bridgehead atoms. The summed E-state index contributed by atoms with van der Waals surface area (Å²) < 4.78 is 5.93. The molecule has 4 rings (SSSR count). The van der Waals surface area contributed by atoms with Crippen LogP contribution in [0.3, 0.4) is 0 Å². The minimum Gasteiger partial charge on any atom is -0.457 e. The van der Waals surface area contributed by atoms with Crippen LogP contribution in [0.2, 0.25) is 0 Å². The fourth-order valence-electron chi connectivity index (χ4n) is 3.54. The number of ether oxygens (including phenoxy) is 1. The molecular formula is C21H26N2O. The fourth-order valence-corrected chi connectivity index (χ4v) is 3.54. The maximum atomic E-state index is 5.93. The molecule has 0 amide bonds. The average Bonchev–Trinajstić information content (AvgIpc) is 3.46. The van der Waals surface area contributed by atoms with E-state index in [2.05, 4.69) is 34.5 Å². The number of hydrogen-bond acceptors (Lipinski definition) is 3. The fraction of sp³-hybridized carbons (Fsp3) is 0.429. The van der Waals surface area contributed by atoms with Crippen molar-refractivity contribution in [2.45, 2.75) is 25.3 Å². The highest BCUT2D eigenvalue weighted by atomic mass is 16.5. The minimum absolute atomic E-state index is 0.561. The van der Waals surface area contributed by atoms with E-state index in [4.69, 9.17) is 4.74 Å². The number of para-hydroxylation sites is 1. The van der Waals surface area contributed by atoms with Gasteiger partial charge in [-0.1, -0.05) is 43.2 Å². The first-order chi connectivity index (χ1) is 11.9. The predicted molar refractivity (Wildman–Crippen MR) is 97.5 cm³/mol. The largest absolute Gasteiger partial charge is 0.457 e. The summed E-state index contributed by atoms with van der Waals surface area (Å²) in [6.45, 7) is 4.52. The second-order valence-corrected chi connectivity index (χ2v) is 6.96. The smallest absolute Gasteiger partial charge is 0.127 e. The molecule has 24 heavy (non-hydrogen) atoms. The highest BCUT2D eigenvalue weighted by Crippen LogP contribution is 2.40. The summed E-state index contributed by atoms with van der Waals surface area (Å²) in [5.41, 5.74) is 1.43. The number of benzene rings is 2. The molecule has 1 heterocycles. The van der Waals surface area contributed by atoms with Crippen LogP contribution in [0.1, 0.15) is 30.9 Å². The molecule has 2 fully saturated rings. The quantitative estimate of drug-likeness (QED) is 0.861. The van der Waals surface area contributed by atoms with Crippen molar-refractivity contribution in [2.75, 3.05) is 26.2 Å². The standard InChI is InChI=1S/C21H26N2O/c1-2-4-19(5-3-1)24-20-10-8-18(9-11-20)21(16-17-6-7-17)23-14-12-22-13-15-23/h1-5,8-11,17,21-22H,6-7,12-16H2/t21-/m1/s1. The molecule has 2 aliphatic rings. The Morgan fingerprint density at radius 3 is 2.25 bits per heavy atom. The summed E-state index contributed by atoms with van der Waals surface area (Å²) in [6.07, 6.45) is 4.13. The van der Waals surface area contributed by atoms with Crippen molar-refractivity contribution in [2.24, 2.45) is 5.92 Å². The summed E-state index contributed by atoms with van der Waals surface area (Å²) in [7, 11) is 0. The first-order valence-electron chi connectivity index (χ1n) is 9.16. The van der Waals surface area contributed by atoms with Crippen LogP contribution < -0.4 is 10.1 Å². The summed E-state index contributed by atoms with van der Waals surface area (Å²) in [4.78, 5) is 2.65. The van der Waals surface area contributed by atoms with Gasteiger partial charge in [0.2, 0.25) is 0 Å². The van der Waals surface area contributed by atoms with E-state index in [0.717, 1.165) is 43.6 Å². The van der Waals surface area contributed by atoms with Gasteiger partial charge >= 0.3 is 0 Å². The van der Waals surface area contributed by atoms with Crippen molar-refractivity contribution in [3.05, 3.63) is 60.2 Å². The first-order valence-corrected chi connectivity index (χ1v) is 9.16. The van der Waals surface area contributed by atoms with Crippen LogP contribution in [0.15, 0.2) is 54.6 Å². The monoisotopic (exact) mass is 322 g/mol. The molecule has 2 aromatic rings. The lowest BCUT2D eigenvalue weighted by Crippen LogP contribution is -2.45. The molecule has 0 aromatic heterocycles. The number of hydrogen-bond donors (Lipinski definition) is 1. The van der Waals surface area contributed by atoms with Crippen LogP contribution >= 0.6 is 0 Å². The van der Waals surface area contributed by atoms with Gasteiger partial charge in [-0.3, -0.25) is 4.90 Å². The van der Waals surface area contributed by atoms with Gasteiger partial charge in [-0.05, 0) is 42.2 Å². The van der Waals surface area contributed by atoms with Crippen LogP contribution in [0.25, 0.3) is 0 Å². The molecule has 1 aliphatic heterocycles. The molecule has 1 atom stereocenters. The van der Waals surface area contributed by atoms with Crippen LogP contribution in [-0.2, 0) is 0 Å². The normalized spacial score (nSPS) is 19.8. The molecule has 0 unspecified atom stereocenters. The molecule has 2 aromatic carbocycles. The highest BCUT2D eigenvalue weighted by molar-refractivity contribution is 5.34. The van der Waals surface area contributed by atoms with Gasteiger partial charge in [0.15, 0.2) is 0 Å². The first kappa shape index (κ1) is 15.7. The molecule has 1 saturated carbocycles. The van der Waals surface area contributed by atoms with E-state index >= 15 is 0 Å². The Morgan fingerprint density at radius 2 is 1.58 bits per heavy atom. The van der Waals surface area contributed by atoms with E-state index in [-0.39, 0.29) is 0 Å². The van der Waals surface area contributed by atoms with Crippen molar-refractivity contribution in [3.63, 3.8) is 0 Å². The second-order valence-electron chi connectivity index (χ2n) is 6.96. The Kier molecular flexibility index (Phi) is 4.81. The lowest BCUT2D eigenvalue weighted by atomic mass is 9.98. The Morgan fingerprint density at radius 1 is 0.917 bits per heavy atom. The predicted octanol–water partition coefficient (Wildman–Crippen LogP) is 4.23. The topological polar surface area (TPSA) is 24.5 Å². The lowest BCUT2D eigenvalue weighted by Gasteiger charge is -2.35. The van der Waals surface area contributed by atoms with E-state index in [1.807, 2.05) is 30.3 Å². The van der Waals surface area contributed by atoms with Crippen molar-refractivity contribution in [1.29, 1.82) is 0 Å². The Bertz CT molecular complexity index is 631. The maximum Gasteiger partial charge on any atom is 0.127 e. The second kappa shape index (κ2) is 7.37. The van der Waals surface area contributed by atoms with Gasteiger partial charge in [0, 0.05) is 32.2 Å². The van der Waals surface area contributed by atoms with E-state index in [9.17, 15) is 0 Å². The third-order valence-electron chi connectivity index (χ3n) is 5.09. The maximum absolute atomic E-state index is 5.93. The third-order valence-corrected chi connectivity index (χ3v) is 5.09. The highest BCUT2D eigenvalue weighted by Gasteiger charge is 2.30. The molecule has 3 heteroatoms. The minimum atomic E-state index is 0.561. The van der Waals surface area contributed by atoms with Gasteiger partial charge < -0.3 is 10.1 Å². The molecular weight excluding hydrogens is 296 g/mol. The van der Waals surface area contributed by atoms with Gasteiger partial charge in [0.1, 0.15) is 11.5 Å². The molecule has 3 nitrogen and oxygen atoms in total. The van der Waals surface area contributed by atoms with E-state index in [1.54, 1.807) is 0 Å². The number of piperazine rings is 1. The molecule has 1 N–H and O–H groups in total. The van der Waals surface area contributed by atoms with E-state index < -0.39 is 0 Å². The number of rotatable bonds is 6. The van der Waals surface area contributed by atoms with Crippen molar-refractivity contribution >= 4 is 0 Å². The van der Waals surface area contributed by atoms with Crippen molar-refractivity contribution < 1.29 is 4.74 Å². The molecule has 0 spiro atoms. The van der Waals surface area contributed by atoms with Crippen molar-refractivity contribution in [1.82, 2.24) is 10.2 Å². The zero-order chi connectivity index (χ0) is 16.2. The molecule has 126 valence electrons. The molecule has 1 saturated heterocycles. The van der Waals surface area contributed by atoms with Crippen molar-refractivity contribution in [3.8, 4) is 11.5 Å². The molecule has 0 radical (unpaired) electrons. The third kappa shape index (κ3) is 3.97. The number of nitrogens with zero attached hydrogens (tertiary/aromatic N) is 1. The number of nitrogens with one attached hydrogen (secondary N) is 1. The lowest BCUT2D eigenvalue weighted by molar-refractivity contribution is 0.160. The zero-order valence-corrected chi connectivity index (χ0v) is 14.2. The van der Waals surface area contributed by atoms with Crippen LogP contribution in [-0.4, -0.2) is 31.1 Å². The van der Waals surface area contributed by atoms with Gasteiger partial charge in [0.25, 0.3) is 0 Å². The van der Waals surface area contributed by atoms with Gasteiger partial charge in [-0.15, -0.1) is 0 Å².